The number of aliphatic carboxylic acids is 1. The largest absolute Gasteiger partial charge is 0.481 e. The van der Waals surface area contributed by atoms with Crippen LogP contribution in [0.2, 0.25) is 5.28 Å². The number of ether oxygens (including phenoxy) is 3. The summed E-state index contributed by atoms with van der Waals surface area (Å²) in [6.45, 7) is -0.305. The van der Waals surface area contributed by atoms with Crippen molar-refractivity contribution < 1.29 is 33.9 Å². The van der Waals surface area contributed by atoms with Gasteiger partial charge in [0, 0.05) is 13.2 Å². The van der Waals surface area contributed by atoms with Crippen molar-refractivity contribution in [2.75, 3.05) is 25.6 Å². The van der Waals surface area contributed by atoms with E-state index in [1.807, 2.05) is 0 Å². The highest BCUT2D eigenvalue weighted by Crippen LogP contribution is 2.46. The number of fused-ring (bicyclic) bond motifs is 1. The molecule has 3 heterocycles. The number of hydrogen-bond donors (Lipinski definition) is 4. The van der Waals surface area contributed by atoms with Crippen molar-refractivity contribution in [1.29, 1.82) is 0 Å². The number of carboxylic acid groups (broad SMARTS) is 1. The molecule has 2 fully saturated rings. The van der Waals surface area contributed by atoms with Gasteiger partial charge in [0.05, 0.1) is 37.3 Å². The summed E-state index contributed by atoms with van der Waals surface area (Å²) in [5.41, 5.74) is 0.556. The summed E-state index contributed by atoms with van der Waals surface area (Å²) >= 11 is 6.20. The molecule has 2 aromatic heterocycles. The topological polar surface area (TPSA) is 161 Å². The van der Waals surface area contributed by atoms with E-state index in [-0.39, 0.29) is 18.5 Å². The van der Waals surface area contributed by atoms with E-state index in [9.17, 15) is 19.7 Å². The molecule has 2 aliphatic rings. The normalized spacial score (nSPS) is 23.1. The van der Waals surface area contributed by atoms with Gasteiger partial charge in [0.2, 0.25) is 13.7 Å². The molecule has 1 aliphatic carbocycles. The maximum Gasteiger partial charge on any atom is 0.306 e. The first-order valence-electron chi connectivity index (χ1n) is 11.2. The fourth-order valence-electron chi connectivity index (χ4n) is 4.51. The highest BCUT2D eigenvalue weighted by molar-refractivity contribution is 7.46. The van der Waals surface area contributed by atoms with Gasteiger partial charge in [-0.05, 0) is 37.3 Å². The zero-order chi connectivity index (χ0) is 24.3. The van der Waals surface area contributed by atoms with Gasteiger partial charge < -0.3 is 34.4 Å². The third-order valence-corrected chi connectivity index (χ3v) is 7.49. The number of nitrogens with one attached hydrogen (secondary N) is 1. The molecule has 4 N–H and O–H groups in total. The van der Waals surface area contributed by atoms with Crippen LogP contribution in [0.5, 0.6) is 0 Å². The smallest absolute Gasteiger partial charge is 0.306 e. The SMILES string of the molecule is COCC(CC(=O)O)(OCC1CCC(n2ncc3c(NC4CCCC4)nc(Cl)nc32)O1)P(O)O. The maximum absolute atomic E-state index is 11.3. The number of hydrogen-bond acceptors (Lipinski definition) is 10. The zero-order valence-corrected chi connectivity index (χ0v) is 20.4. The Bertz CT molecular complexity index is 1010. The zero-order valence-electron chi connectivity index (χ0n) is 18.8. The lowest BCUT2D eigenvalue weighted by atomic mass is 10.2. The number of rotatable bonds is 11. The van der Waals surface area contributed by atoms with Crippen molar-refractivity contribution in [1.82, 2.24) is 19.7 Å². The number of anilines is 1. The highest BCUT2D eigenvalue weighted by Gasteiger charge is 2.43. The van der Waals surface area contributed by atoms with E-state index < -0.39 is 38.4 Å². The summed E-state index contributed by atoms with van der Waals surface area (Å²) < 4.78 is 18.5. The summed E-state index contributed by atoms with van der Waals surface area (Å²) in [5, 5.41) is 16.3. The number of halogens is 1. The maximum atomic E-state index is 11.3. The molecule has 188 valence electrons. The van der Waals surface area contributed by atoms with Crippen LogP contribution >= 0.6 is 20.0 Å². The van der Waals surface area contributed by atoms with E-state index in [1.54, 1.807) is 10.9 Å². The van der Waals surface area contributed by atoms with E-state index in [0.29, 0.717) is 30.3 Å². The minimum absolute atomic E-state index is 0.0312. The van der Waals surface area contributed by atoms with Crippen LogP contribution in [0.25, 0.3) is 11.0 Å². The monoisotopic (exact) mass is 517 g/mol. The molecule has 4 rings (SSSR count). The van der Waals surface area contributed by atoms with Gasteiger partial charge in [-0.3, -0.25) is 4.79 Å². The first-order valence-corrected chi connectivity index (χ1v) is 12.8. The lowest BCUT2D eigenvalue weighted by Crippen LogP contribution is -2.40. The lowest BCUT2D eigenvalue weighted by molar-refractivity contribution is -0.147. The summed E-state index contributed by atoms with van der Waals surface area (Å²) in [6.07, 6.45) is 6.00. The molecule has 2 aromatic rings. The average molecular weight is 518 g/mol. The first kappa shape index (κ1) is 25.4. The van der Waals surface area contributed by atoms with Gasteiger partial charge in [-0.1, -0.05) is 12.8 Å². The summed E-state index contributed by atoms with van der Waals surface area (Å²) in [7, 11) is -1.39. The van der Waals surface area contributed by atoms with Crippen molar-refractivity contribution >= 4 is 42.8 Å². The van der Waals surface area contributed by atoms with Crippen molar-refractivity contribution in [3.05, 3.63) is 11.5 Å². The number of methoxy groups -OCH3 is 1. The molecule has 3 unspecified atom stereocenters. The Balaban J connectivity index is 1.46. The van der Waals surface area contributed by atoms with Gasteiger partial charge in [0.25, 0.3) is 0 Å². The Morgan fingerprint density at radius 2 is 2.09 bits per heavy atom. The second kappa shape index (κ2) is 10.9. The standard InChI is InChI=1S/C20H29ClN5O7P/c1-31-11-20(34(29)30,8-16(27)28)32-10-13-6-7-15(33-13)26-18-14(9-22-26)17(24-19(21)25-18)23-12-4-2-3-5-12/h9,12-13,15,29-30H,2-8,10-11H2,1H3,(H,27,28)(H,23,24,25). The van der Waals surface area contributed by atoms with Crippen LogP contribution < -0.4 is 5.32 Å². The second-order valence-electron chi connectivity index (χ2n) is 8.63. The van der Waals surface area contributed by atoms with Gasteiger partial charge in [-0.2, -0.15) is 15.1 Å². The van der Waals surface area contributed by atoms with Crippen LogP contribution in [0.1, 0.15) is 51.2 Å². The quantitative estimate of drug-likeness (QED) is 0.256. The minimum atomic E-state index is -2.73. The van der Waals surface area contributed by atoms with Crippen LogP contribution in [0, 0.1) is 0 Å². The number of nitrogens with zero attached hydrogens (tertiary/aromatic N) is 4. The van der Waals surface area contributed by atoms with E-state index >= 15 is 0 Å². The number of carboxylic acids is 1. The highest BCUT2D eigenvalue weighted by atomic mass is 35.5. The van der Waals surface area contributed by atoms with Crippen LogP contribution in [0.3, 0.4) is 0 Å². The third kappa shape index (κ3) is 5.59. The van der Waals surface area contributed by atoms with Gasteiger partial charge in [-0.25, -0.2) is 4.68 Å². The Kier molecular flexibility index (Phi) is 8.19. The van der Waals surface area contributed by atoms with Crippen molar-refractivity contribution in [2.24, 2.45) is 0 Å². The van der Waals surface area contributed by atoms with Crippen LogP contribution in [-0.2, 0) is 19.0 Å². The third-order valence-electron chi connectivity index (χ3n) is 6.18. The molecule has 34 heavy (non-hydrogen) atoms. The van der Waals surface area contributed by atoms with Crippen LogP contribution in [0.4, 0.5) is 5.82 Å². The Hall–Kier alpha value is -1.66. The van der Waals surface area contributed by atoms with E-state index in [4.69, 9.17) is 25.8 Å². The Labute approximate surface area is 202 Å². The van der Waals surface area contributed by atoms with Crippen LogP contribution in [0.15, 0.2) is 6.20 Å². The molecule has 0 amide bonds. The fraction of sp³-hybridized carbons (Fsp3) is 0.700. The molecular weight excluding hydrogens is 489 g/mol. The predicted molar refractivity (Wildman–Crippen MR) is 124 cm³/mol. The Morgan fingerprint density at radius 3 is 2.76 bits per heavy atom. The van der Waals surface area contributed by atoms with Crippen LogP contribution in [-0.4, -0.2) is 78.4 Å². The fourth-order valence-corrected chi connectivity index (χ4v) is 5.39. The van der Waals surface area contributed by atoms with Crippen molar-refractivity contribution in [2.45, 2.75) is 68.7 Å². The van der Waals surface area contributed by atoms with Crippen molar-refractivity contribution in [3.63, 3.8) is 0 Å². The molecule has 1 aliphatic heterocycles. The van der Waals surface area contributed by atoms with Gasteiger partial charge in [0.15, 0.2) is 17.2 Å². The molecule has 0 spiro atoms. The predicted octanol–water partition coefficient (Wildman–Crippen LogP) is 2.64. The van der Waals surface area contributed by atoms with Gasteiger partial charge in [0.1, 0.15) is 5.82 Å². The molecule has 14 heteroatoms. The summed E-state index contributed by atoms with van der Waals surface area (Å²) in [5.74, 6) is -0.567. The summed E-state index contributed by atoms with van der Waals surface area (Å²) in [6, 6.07) is 0.350. The first-order chi connectivity index (χ1) is 16.3. The van der Waals surface area contributed by atoms with Gasteiger partial charge >= 0.3 is 5.97 Å². The second-order valence-corrected chi connectivity index (χ2v) is 10.4. The molecule has 0 radical (unpaired) electrons. The number of carbonyl (C=O) groups is 1. The molecule has 0 aromatic carbocycles. The number of aromatic nitrogens is 4. The van der Waals surface area contributed by atoms with E-state index in [1.165, 1.54) is 20.0 Å². The molecule has 3 atom stereocenters. The molecule has 12 nitrogen and oxygen atoms in total. The minimum Gasteiger partial charge on any atom is -0.481 e. The van der Waals surface area contributed by atoms with E-state index in [2.05, 4.69) is 20.4 Å². The molecule has 1 saturated carbocycles. The lowest BCUT2D eigenvalue weighted by Gasteiger charge is -2.33. The van der Waals surface area contributed by atoms with E-state index in [0.717, 1.165) is 18.2 Å². The molecule has 1 saturated heterocycles. The average Bonchev–Trinajstić information content (AvgIpc) is 3.52. The van der Waals surface area contributed by atoms with Gasteiger partial charge in [-0.15, -0.1) is 0 Å². The molecular formula is C20H29ClN5O7P. The molecule has 0 bridgehead atoms. The Morgan fingerprint density at radius 1 is 1.32 bits per heavy atom. The van der Waals surface area contributed by atoms with Crippen molar-refractivity contribution in [3.8, 4) is 0 Å². The summed E-state index contributed by atoms with van der Waals surface area (Å²) in [4.78, 5) is 39.7.